The molecule has 3 rings (SSSR count). The van der Waals surface area contributed by atoms with E-state index in [9.17, 15) is 0 Å². The molecule has 3 aliphatic heterocycles. The zero-order valence-corrected chi connectivity index (χ0v) is 9.82. The summed E-state index contributed by atoms with van der Waals surface area (Å²) in [5, 5.41) is 7.10. The van der Waals surface area contributed by atoms with Crippen LogP contribution in [0, 0.1) is 5.92 Å². The van der Waals surface area contributed by atoms with E-state index in [2.05, 4.69) is 46.6 Å². The molecule has 0 amide bonds. The van der Waals surface area contributed by atoms with Crippen molar-refractivity contribution in [1.29, 1.82) is 0 Å². The zero-order chi connectivity index (χ0) is 11.0. The van der Waals surface area contributed by atoms with E-state index >= 15 is 0 Å². The van der Waals surface area contributed by atoms with Crippen LogP contribution < -0.4 is 10.6 Å². The van der Waals surface area contributed by atoms with Crippen LogP contribution in [0.2, 0.25) is 0 Å². The van der Waals surface area contributed by atoms with Crippen LogP contribution in [0.5, 0.6) is 0 Å². The lowest BCUT2D eigenvalue weighted by Crippen LogP contribution is -2.38. The lowest BCUT2D eigenvalue weighted by Gasteiger charge is -2.22. The SMILES string of the molecule is C[C@H]1C=C(C2CNC3CC=CC=[N+]32)CNC1. The number of rotatable bonds is 1. The Kier molecular flexibility index (Phi) is 2.65. The van der Waals surface area contributed by atoms with E-state index in [1.54, 1.807) is 5.57 Å². The molecule has 86 valence electrons. The summed E-state index contributed by atoms with van der Waals surface area (Å²) >= 11 is 0. The van der Waals surface area contributed by atoms with Crippen LogP contribution in [-0.2, 0) is 0 Å². The minimum absolute atomic E-state index is 0.521. The Labute approximate surface area is 96.9 Å². The average molecular weight is 218 g/mol. The lowest BCUT2D eigenvalue weighted by atomic mass is 9.97. The maximum Gasteiger partial charge on any atom is 0.210 e. The molecule has 1 fully saturated rings. The Bertz CT molecular complexity index is 367. The van der Waals surface area contributed by atoms with Crippen LogP contribution in [0.1, 0.15) is 13.3 Å². The van der Waals surface area contributed by atoms with Crippen molar-refractivity contribution in [2.24, 2.45) is 5.92 Å². The van der Waals surface area contributed by atoms with E-state index in [4.69, 9.17) is 0 Å². The highest BCUT2D eigenvalue weighted by Gasteiger charge is 2.39. The van der Waals surface area contributed by atoms with Gasteiger partial charge in [0.15, 0.2) is 12.3 Å². The standard InChI is InChI=1S/C13H20N3/c1-10-6-11(8-14-7-10)12-9-15-13-4-2-3-5-16(12)13/h2-3,5-6,10,12-15H,4,7-9H2,1H3/q+1/t10-,12?,13?/m0/s1. The van der Waals surface area contributed by atoms with Crippen molar-refractivity contribution in [2.75, 3.05) is 19.6 Å². The molecule has 0 aliphatic carbocycles. The number of fused-ring (bicyclic) bond motifs is 1. The summed E-state index contributed by atoms with van der Waals surface area (Å²) in [4.78, 5) is 0. The molecule has 16 heavy (non-hydrogen) atoms. The first-order valence-corrected chi connectivity index (χ1v) is 6.27. The van der Waals surface area contributed by atoms with Crippen molar-refractivity contribution >= 4 is 6.21 Å². The first-order chi connectivity index (χ1) is 7.84. The predicted octanol–water partition coefficient (Wildman–Crippen LogP) is 0.493. The molecule has 3 heterocycles. The van der Waals surface area contributed by atoms with Gasteiger partial charge >= 0.3 is 0 Å². The number of nitrogens with zero attached hydrogens (tertiary/aromatic N) is 1. The molecule has 3 nitrogen and oxygen atoms in total. The molecule has 0 aromatic heterocycles. The summed E-state index contributed by atoms with van der Waals surface area (Å²) in [7, 11) is 0. The largest absolute Gasteiger partial charge is 0.312 e. The highest BCUT2D eigenvalue weighted by Crippen LogP contribution is 2.20. The Balaban J connectivity index is 1.85. The third-order valence-corrected chi connectivity index (χ3v) is 3.74. The van der Waals surface area contributed by atoms with Gasteiger partial charge in [0.25, 0.3) is 0 Å². The van der Waals surface area contributed by atoms with Crippen LogP contribution >= 0.6 is 0 Å². The third-order valence-electron chi connectivity index (χ3n) is 3.74. The maximum absolute atomic E-state index is 3.60. The Morgan fingerprint density at radius 3 is 3.19 bits per heavy atom. The highest BCUT2D eigenvalue weighted by molar-refractivity contribution is 5.67. The summed E-state index contributed by atoms with van der Waals surface area (Å²) in [6.45, 7) is 5.54. The topological polar surface area (TPSA) is 27.1 Å². The van der Waals surface area contributed by atoms with Gasteiger partial charge in [-0.3, -0.25) is 5.32 Å². The fourth-order valence-corrected chi connectivity index (χ4v) is 2.94. The molecule has 3 heteroatoms. The van der Waals surface area contributed by atoms with E-state index in [0.717, 1.165) is 26.1 Å². The molecule has 3 atom stereocenters. The Morgan fingerprint density at radius 2 is 2.31 bits per heavy atom. The smallest absolute Gasteiger partial charge is 0.210 e. The van der Waals surface area contributed by atoms with Crippen molar-refractivity contribution in [1.82, 2.24) is 10.6 Å². The van der Waals surface area contributed by atoms with Gasteiger partial charge in [-0.15, -0.1) is 0 Å². The van der Waals surface area contributed by atoms with Gasteiger partial charge < -0.3 is 5.32 Å². The predicted molar refractivity (Wildman–Crippen MR) is 65.8 cm³/mol. The minimum Gasteiger partial charge on any atom is -0.312 e. The van der Waals surface area contributed by atoms with Gasteiger partial charge in [-0.05, 0) is 12.0 Å². The molecule has 0 radical (unpaired) electrons. The number of hydrogen-bond acceptors (Lipinski definition) is 2. The highest BCUT2D eigenvalue weighted by atomic mass is 15.3. The molecule has 3 aliphatic rings. The van der Waals surface area contributed by atoms with Crippen molar-refractivity contribution in [2.45, 2.75) is 25.6 Å². The van der Waals surface area contributed by atoms with E-state index in [1.165, 1.54) is 0 Å². The Morgan fingerprint density at radius 1 is 1.38 bits per heavy atom. The Hall–Kier alpha value is -0.930. The fraction of sp³-hybridized carbons (Fsp3) is 0.615. The van der Waals surface area contributed by atoms with Gasteiger partial charge in [-0.2, -0.15) is 0 Å². The van der Waals surface area contributed by atoms with Crippen molar-refractivity contribution in [3.63, 3.8) is 0 Å². The van der Waals surface area contributed by atoms with Crippen molar-refractivity contribution < 1.29 is 4.58 Å². The van der Waals surface area contributed by atoms with Gasteiger partial charge in [0, 0.05) is 25.1 Å². The van der Waals surface area contributed by atoms with Crippen LogP contribution in [0.15, 0.2) is 23.8 Å². The number of nitrogens with one attached hydrogen (secondary N) is 2. The van der Waals surface area contributed by atoms with Crippen LogP contribution in [0.25, 0.3) is 0 Å². The monoisotopic (exact) mass is 218 g/mol. The van der Waals surface area contributed by atoms with Crippen LogP contribution in [0.3, 0.4) is 0 Å². The van der Waals surface area contributed by atoms with Crippen molar-refractivity contribution in [3.05, 3.63) is 23.8 Å². The van der Waals surface area contributed by atoms with E-state index in [1.807, 2.05) is 0 Å². The average Bonchev–Trinajstić information content (AvgIpc) is 2.72. The molecule has 1 saturated heterocycles. The minimum atomic E-state index is 0.521. The van der Waals surface area contributed by atoms with Crippen LogP contribution in [-0.4, -0.2) is 42.6 Å². The molecule has 0 saturated carbocycles. The lowest BCUT2D eigenvalue weighted by molar-refractivity contribution is -0.567. The second-order valence-electron chi connectivity index (χ2n) is 5.05. The molecule has 0 bridgehead atoms. The van der Waals surface area contributed by atoms with Crippen LogP contribution in [0.4, 0.5) is 0 Å². The third kappa shape index (κ3) is 1.74. The summed E-state index contributed by atoms with van der Waals surface area (Å²) in [6, 6.07) is 0.560. The first-order valence-electron chi connectivity index (χ1n) is 6.27. The van der Waals surface area contributed by atoms with E-state index in [0.29, 0.717) is 18.1 Å². The van der Waals surface area contributed by atoms with Gasteiger partial charge in [0.1, 0.15) is 0 Å². The maximum atomic E-state index is 3.60. The second kappa shape index (κ2) is 4.15. The summed E-state index contributed by atoms with van der Waals surface area (Å²) in [5.41, 5.74) is 1.56. The molecule has 0 aromatic carbocycles. The normalized spacial score (nSPS) is 37.9. The molecular formula is C13H20N3+. The number of hydrogen-bond donors (Lipinski definition) is 2. The molecule has 0 aromatic rings. The molecule has 0 spiro atoms. The molecule has 2 unspecified atom stereocenters. The van der Waals surface area contributed by atoms with Gasteiger partial charge in [0.2, 0.25) is 6.17 Å². The molecular weight excluding hydrogens is 198 g/mol. The van der Waals surface area contributed by atoms with E-state index < -0.39 is 0 Å². The quantitative estimate of drug-likeness (QED) is 0.495. The summed E-state index contributed by atoms with van der Waals surface area (Å²) < 4.78 is 2.48. The van der Waals surface area contributed by atoms with Gasteiger partial charge in [0.05, 0.1) is 6.54 Å². The van der Waals surface area contributed by atoms with Gasteiger partial charge in [-0.1, -0.05) is 19.1 Å². The summed E-state index contributed by atoms with van der Waals surface area (Å²) in [5.74, 6) is 0.670. The first kappa shape index (κ1) is 10.2. The second-order valence-corrected chi connectivity index (χ2v) is 5.05. The van der Waals surface area contributed by atoms with Crippen molar-refractivity contribution in [3.8, 4) is 0 Å². The zero-order valence-electron chi connectivity index (χ0n) is 9.82. The van der Waals surface area contributed by atoms with Gasteiger partial charge in [-0.25, -0.2) is 4.58 Å². The molecule has 2 N–H and O–H groups in total. The number of allylic oxidation sites excluding steroid dienone is 1. The van der Waals surface area contributed by atoms with E-state index in [-0.39, 0.29) is 0 Å². The summed E-state index contributed by atoms with van der Waals surface area (Å²) in [6.07, 6.45) is 10.8. The fourth-order valence-electron chi connectivity index (χ4n) is 2.94.